The Balaban J connectivity index is 0.000000327. The molecule has 0 unspecified atom stereocenters. The third-order valence-corrected chi connectivity index (χ3v) is 2.48. The van der Waals surface area contributed by atoms with Gasteiger partial charge in [0, 0.05) is 6.42 Å². The number of ether oxygens (including phenoxy) is 1. The Kier molecular flexibility index (Phi) is 10.0. The van der Waals surface area contributed by atoms with E-state index in [0.717, 1.165) is 25.8 Å². The predicted octanol–water partition coefficient (Wildman–Crippen LogP) is 2.46. The molecule has 1 rings (SSSR count). The van der Waals surface area contributed by atoms with Gasteiger partial charge in [0.2, 0.25) is 6.33 Å². The summed E-state index contributed by atoms with van der Waals surface area (Å²) in [6, 6.07) is 0. The maximum Gasteiger partial charge on any atom is 0.305 e. The van der Waals surface area contributed by atoms with Crippen LogP contribution in [0.25, 0.3) is 0 Å². The maximum atomic E-state index is 10.7. The van der Waals surface area contributed by atoms with Crippen LogP contribution in [-0.2, 0) is 23.1 Å². The number of nitrogens with zero attached hydrogens (tertiary/aromatic N) is 2. The summed E-state index contributed by atoms with van der Waals surface area (Å²) in [5, 5.41) is 0. The highest BCUT2D eigenvalue weighted by molar-refractivity contribution is 5.69. The summed E-state index contributed by atoms with van der Waals surface area (Å²) in [4.78, 5) is 10.7. The van der Waals surface area contributed by atoms with E-state index in [1.165, 1.54) is 0 Å². The lowest BCUT2D eigenvalue weighted by atomic mass is 10.2. The Morgan fingerprint density at radius 2 is 2.00 bits per heavy atom. The fraction of sp³-hybridized carbons (Fsp3) is 0.714. The number of esters is 1. The predicted molar refractivity (Wildman–Crippen MR) is 72.1 cm³/mol. The minimum Gasteiger partial charge on any atom is -0.466 e. The van der Waals surface area contributed by atoms with E-state index in [1.807, 2.05) is 24.7 Å². The molecule has 0 aliphatic heterocycles. The maximum absolute atomic E-state index is 10.7. The molecule has 4 heteroatoms. The lowest BCUT2D eigenvalue weighted by molar-refractivity contribution is -0.671. The molecule has 1 aromatic heterocycles. The number of aryl methyl sites for hydroxylation is 2. The molecule has 0 bridgehead atoms. The van der Waals surface area contributed by atoms with E-state index in [4.69, 9.17) is 4.74 Å². The van der Waals surface area contributed by atoms with E-state index >= 15 is 0 Å². The Labute approximate surface area is 111 Å². The van der Waals surface area contributed by atoms with Crippen LogP contribution in [0.2, 0.25) is 0 Å². The average molecular weight is 255 g/mol. The van der Waals surface area contributed by atoms with Crippen molar-refractivity contribution in [2.45, 2.75) is 53.0 Å². The molecule has 4 nitrogen and oxygen atoms in total. The Morgan fingerprint density at radius 3 is 2.39 bits per heavy atom. The van der Waals surface area contributed by atoms with Crippen molar-refractivity contribution < 1.29 is 14.1 Å². The standard InChI is InChI=1S/C8H16O2.C6H11N2/c1-3-5-6-7-8(9)10-4-2;1-3-8-5-4-7(2)6-8/h3-7H2,1-2H3;4-6H,3H2,1-2H3/q;+1. The Morgan fingerprint density at radius 1 is 1.28 bits per heavy atom. The second-order valence-corrected chi connectivity index (χ2v) is 4.17. The first kappa shape index (κ1) is 16.7. The molecule has 0 aliphatic carbocycles. The van der Waals surface area contributed by atoms with Crippen molar-refractivity contribution in [2.24, 2.45) is 7.05 Å². The summed E-state index contributed by atoms with van der Waals surface area (Å²) in [5.41, 5.74) is 0. The van der Waals surface area contributed by atoms with Gasteiger partial charge >= 0.3 is 5.97 Å². The fourth-order valence-corrected chi connectivity index (χ4v) is 1.44. The van der Waals surface area contributed by atoms with Crippen molar-refractivity contribution in [3.8, 4) is 0 Å². The van der Waals surface area contributed by atoms with Gasteiger partial charge < -0.3 is 4.74 Å². The summed E-state index contributed by atoms with van der Waals surface area (Å²) in [6.07, 6.45) is 9.97. The van der Waals surface area contributed by atoms with E-state index < -0.39 is 0 Å². The molecule has 0 saturated heterocycles. The highest BCUT2D eigenvalue weighted by Gasteiger charge is 1.98. The molecule has 0 N–H and O–H groups in total. The van der Waals surface area contributed by atoms with Crippen LogP contribution in [0.4, 0.5) is 0 Å². The lowest BCUT2D eigenvalue weighted by Gasteiger charge is -1.99. The van der Waals surface area contributed by atoms with E-state index in [2.05, 4.69) is 30.9 Å². The van der Waals surface area contributed by atoms with Gasteiger partial charge in [-0.3, -0.25) is 4.79 Å². The van der Waals surface area contributed by atoms with Crippen molar-refractivity contribution in [1.82, 2.24) is 4.57 Å². The van der Waals surface area contributed by atoms with Gasteiger partial charge in [-0.15, -0.1) is 0 Å². The normalized spacial score (nSPS) is 9.56. The second kappa shape index (κ2) is 10.8. The smallest absolute Gasteiger partial charge is 0.305 e. The van der Waals surface area contributed by atoms with Gasteiger partial charge in [-0.25, -0.2) is 9.13 Å². The van der Waals surface area contributed by atoms with Gasteiger partial charge in [0.1, 0.15) is 12.4 Å². The number of rotatable bonds is 6. The molecule has 104 valence electrons. The highest BCUT2D eigenvalue weighted by atomic mass is 16.5. The second-order valence-electron chi connectivity index (χ2n) is 4.17. The molecule has 18 heavy (non-hydrogen) atoms. The number of carbonyl (C=O) groups is 1. The molecular formula is C14H27N2O2+. The van der Waals surface area contributed by atoms with Gasteiger partial charge in [-0.1, -0.05) is 19.8 Å². The van der Waals surface area contributed by atoms with Crippen LogP contribution in [0, 0.1) is 0 Å². The van der Waals surface area contributed by atoms with Crippen molar-refractivity contribution >= 4 is 5.97 Å². The molecule has 0 atom stereocenters. The molecule has 0 spiro atoms. The van der Waals surface area contributed by atoms with E-state index in [9.17, 15) is 4.79 Å². The van der Waals surface area contributed by atoms with Crippen molar-refractivity contribution in [2.75, 3.05) is 6.61 Å². The van der Waals surface area contributed by atoms with Crippen molar-refractivity contribution in [3.63, 3.8) is 0 Å². The topological polar surface area (TPSA) is 35.1 Å². The minimum absolute atomic E-state index is 0.0593. The number of hydrogen-bond acceptors (Lipinski definition) is 2. The van der Waals surface area contributed by atoms with Gasteiger partial charge in [0.05, 0.1) is 20.2 Å². The van der Waals surface area contributed by atoms with Crippen molar-refractivity contribution in [3.05, 3.63) is 18.7 Å². The van der Waals surface area contributed by atoms with Gasteiger partial charge in [-0.05, 0) is 20.3 Å². The highest BCUT2D eigenvalue weighted by Crippen LogP contribution is 1.99. The lowest BCUT2D eigenvalue weighted by Crippen LogP contribution is -2.23. The average Bonchev–Trinajstić information content (AvgIpc) is 2.77. The first-order chi connectivity index (χ1) is 8.63. The molecule has 0 aromatic carbocycles. The zero-order valence-corrected chi connectivity index (χ0v) is 12.2. The van der Waals surface area contributed by atoms with E-state index in [1.54, 1.807) is 0 Å². The molecular weight excluding hydrogens is 228 g/mol. The number of carbonyl (C=O) groups excluding carboxylic acids is 1. The molecule has 0 saturated carbocycles. The molecule has 1 aromatic rings. The number of hydrogen-bond donors (Lipinski definition) is 0. The first-order valence-electron chi connectivity index (χ1n) is 6.80. The SMILES string of the molecule is CCCCCC(=O)OCC.CCn1cc[n+](C)c1. The number of unbranched alkanes of at least 4 members (excludes halogenated alkanes) is 2. The molecule has 0 fully saturated rings. The van der Waals surface area contributed by atoms with Crippen LogP contribution >= 0.6 is 0 Å². The molecule has 0 aliphatic rings. The van der Waals surface area contributed by atoms with Crippen LogP contribution in [-0.4, -0.2) is 17.1 Å². The zero-order valence-electron chi connectivity index (χ0n) is 12.2. The van der Waals surface area contributed by atoms with Gasteiger partial charge in [-0.2, -0.15) is 0 Å². The summed E-state index contributed by atoms with van der Waals surface area (Å²) >= 11 is 0. The third kappa shape index (κ3) is 8.79. The van der Waals surface area contributed by atoms with Crippen LogP contribution < -0.4 is 4.57 Å². The van der Waals surface area contributed by atoms with E-state index in [-0.39, 0.29) is 5.97 Å². The minimum atomic E-state index is -0.0593. The number of aromatic nitrogens is 2. The zero-order chi connectivity index (χ0) is 13.8. The number of imidazole rings is 1. The van der Waals surface area contributed by atoms with Gasteiger partial charge in [0.25, 0.3) is 0 Å². The largest absolute Gasteiger partial charge is 0.466 e. The third-order valence-electron chi connectivity index (χ3n) is 2.48. The quantitative estimate of drug-likeness (QED) is 0.444. The summed E-state index contributed by atoms with van der Waals surface area (Å²) in [7, 11) is 2.02. The molecule has 1 heterocycles. The van der Waals surface area contributed by atoms with Crippen LogP contribution in [0.5, 0.6) is 0 Å². The Hall–Kier alpha value is -1.32. The summed E-state index contributed by atoms with van der Waals surface area (Å²) in [5.74, 6) is -0.0593. The first-order valence-corrected chi connectivity index (χ1v) is 6.80. The van der Waals surface area contributed by atoms with Crippen LogP contribution in [0.3, 0.4) is 0 Å². The van der Waals surface area contributed by atoms with Crippen molar-refractivity contribution in [1.29, 1.82) is 0 Å². The van der Waals surface area contributed by atoms with Gasteiger partial charge in [0.15, 0.2) is 0 Å². The monoisotopic (exact) mass is 255 g/mol. The summed E-state index contributed by atoms with van der Waals surface area (Å²) in [6.45, 7) is 7.63. The van der Waals surface area contributed by atoms with E-state index in [0.29, 0.717) is 13.0 Å². The molecule has 0 radical (unpaired) electrons. The van der Waals surface area contributed by atoms with Crippen LogP contribution in [0.15, 0.2) is 18.7 Å². The summed E-state index contributed by atoms with van der Waals surface area (Å²) < 4.78 is 8.91. The van der Waals surface area contributed by atoms with Crippen LogP contribution in [0.1, 0.15) is 46.5 Å². The Bertz CT molecular complexity index is 321. The fourth-order valence-electron chi connectivity index (χ4n) is 1.44. The molecule has 0 amide bonds.